The summed E-state index contributed by atoms with van der Waals surface area (Å²) in [6.45, 7) is 0.704. The number of aromatic amines is 1. The van der Waals surface area contributed by atoms with E-state index in [1.807, 2.05) is 30.3 Å². The lowest BCUT2D eigenvalue weighted by Crippen LogP contribution is -2.00. The maximum atomic E-state index is 4.17. The Balaban J connectivity index is 1.95. The Morgan fingerprint density at radius 1 is 1.29 bits per heavy atom. The lowest BCUT2D eigenvalue weighted by molar-refractivity contribution is 0.996. The molecule has 0 fully saturated rings. The summed E-state index contributed by atoms with van der Waals surface area (Å²) in [5.41, 5.74) is 1.10. The van der Waals surface area contributed by atoms with Crippen molar-refractivity contribution in [3.63, 3.8) is 0 Å². The quantitative estimate of drug-likeness (QED) is 0.881. The van der Waals surface area contributed by atoms with E-state index in [1.54, 1.807) is 6.20 Å². The normalized spacial score (nSPS) is 10.1. The Hall–Kier alpha value is -1.29. The molecule has 1 aromatic carbocycles. The van der Waals surface area contributed by atoms with Crippen LogP contribution in [0.25, 0.3) is 0 Å². The molecule has 0 aliphatic heterocycles. The van der Waals surface area contributed by atoms with Crippen LogP contribution >= 0.6 is 15.9 Å². The van der Waals surface area contributed by atoms with Crippen LogP contribution in [-0.2, 0) is 6.54 Å². The van der Waals surface area contributed by atoms with Crippen LogP contribution in [0.15, 0.2) is 41.1 Å². The maximum absolute atomic E-state index is 4.17. The van der Waals surface area contributed by atoms with E-state index < -0.39 is 0 Å². The molecule has 2 rings (SSSR count). The van der Waals surface area contributed by atoms with Crippen molar-refractivity contribution in [2.24, 2.45) is 0 Å². The Labute approximate surface area is 90.7 Å². The highest BCUT2D eigenvalue weighted by Gasteiger charge is 1.96. The zero-order chi connectivity index (χ0) is 9.80. The fourth-order valence-corrected chi connectivity index (χ4v) is 1.50. The fourth-order valence-electron chi connectivity index (χ4n) is 1.17. The molecule has 4 heteroatoms. The molecule has 1 aromatic heterocycles. The number of hydrogen-bond acceptors (Lipinski definition) is 2. The predicted molar refractivity (Wildman–Crippen MR) is 60.1 cm³/mol. The van der Waals surface area contributed by atoms with E-state index in [2.05, 4.69) is 31.2 Å². The van der Waals surface area contributed by atoms with Gasteiger partial charge in [-0.05, 0) is 28.1 Å². The molecule has 0 spiro atoms. The number of aromatic nitrogens is 2. The minimum absolute atomic E-state index is 0.704. The molecule has 0 radical (unpaired) electrons. The van der Waals surface area contributed by atoms with Crippen LogP contribution in [0.4, 0.5) is 5.69 Å². The highest BCUT2D eigenvalue weighted by Crippen LogP contribution is 2.08. The second kappa shape index (κ2) is 4.28. The van der Waals surface area contributed by atoms with Crippen molar-refractivity contribution in [3.05, 3.63) is 47.0 Å². The number of H-pyrrole nitrogens is 1. The van der Waals surface area contributed by atoms with E-state index in [-0.39, 0.29) is 0 Å². The molecule has 0 aliphatic carbocycles. The number of benzene rings is 1. The van der Waals surface area contributed by atoms with Crippen molar-refractivity contribution in [2.75, 3.05) is 5.32 Å². The van der Waals surface area contributed by atoms with E-state index in [0.29, 0.717) is 6.54 Å². The number of nitrogens with one attached hydrogen (secondary N) is 2. The van der Waals surface area contributed by atoms with E-state index in [0.717, 1.165) is 16.1 Å². The van der Waals surface area contributed by atoms with Gasteiger partial charge in [0.2, 0.25) is 0 Å². The lowest BCUT2D eigenvalue weighted by Gasteiger charge is -2.02. The van der Waals surface area contributed by atoms with Gasteiger partial charge in [0.1, 0.15) is 10.4 Å². The van der Waals surface area contributed by atoms with Gasteiger partial charge >= 0.3 is 0 Å². The van der Waals surface area contributed by atoms with E-state index >= 15 is 0 Å². The number of anilines is 1. The highest BCUT2D eigenvalue weighted by atomic mass is 79.9. The molecule has 0 amide bonds. The van der Waals surface area contributed by atoms with Crippen LogP contribution in [0.5, 0.6) is 0 Å². The molecule has 0 saturated heterocycles. The van der Waals surface area contributed by atoms with Gasteiger partial charge in [0.15, 0.2) is 0 Å². The van der Waals surface area contributed by atoms with E-state index in [9.17, 15) is 0 Å². The molecule has 3 nitrogen and oxygen atoms in total. The van der Waals surface area contributed by atoms with Gasteiger partial charge in [-0.2, -0.15) is 0 Å². The van der Waals surface area contributed by atoms with Crippen LogP contribution in [-0.4, -0.2) is 9.97 Å². The summed E-state index contributed by atoms with van der Waals surface area (Å²) >= 11 is 3.31. The van der Waals surface area contributed by atoms with Crippen LogP contribution in [0.2, 0.25) is 0 Å². The Kier molecular flexibility index (Phi) is 2.84. The first-order valence-corrected chi connectivity index (χ1v) is 5.12. The van der Waals surface area contributed by atoms with Gasteiger partial charge < -0.3 is 10.3 Å². The summed E-state index contributed by atoms with van der Waals surface area (Å²) in [4.78, 5) is 7.26. The van der Waals surface area contributed by atoms with Gasteiger partial charge in [0.05, 0.1) is 12.7 Å². The summed E-state index contributed by atoms with van der Waals surface area (Å²) in [5.74, 6) is 0.917. The molecule has 0 unspecified atom stereocenters. The first-order chi connectivity index (χ1) is 6.84. The molecule has 2 N–H and O–H groups in total. The number of imidazole rings is 1. The van der Waals surface area contributed by atoms with Crippen LogP contribution in [0.3, 0.4) is 0 Å². The van der Waals surface area contributed by atoms with Crippen molar-refractivity contribution in [1.29, 1.82) is 0 Å². The summed E-state index contributed by atoms with van der Waals surface area (Å²) in [7, 11) is 0. The number of rotatable bonds is 3. The standard InChI is InChI=1S/C10H10BrN3/c11-9-6-13-10(14-9)7-12-8-4-2-1-3-5-8/h1-6,12H,7H2,(H,13,14). The molecule has 0 saturated carbocycles. The summed E-state index contributed by atoms with van der Waals surface area (Å²) in [6.07, 6.45) is 1.75. The van der Waals surface area contributed by atoms with Crippen LogP contribution in [0, 0.1) is 0 Å². The van der Waals surface area contributed by atoms with Gasteiger partial charge in [-0.15, -0.1) is 0 Å². The number of para-hydroxylation sites is 1. The number of halogens is 1. The van der Waals surface area contributed by atoms with E-state index in [1.165, 1.54) is 0 Å². The Morgan fingerprint density at radius 2 is 2.07 bits per heavy atom. The Bertz CT molecular complexity index is 397. The molecule has 72 valence electrons. The minimum Gasteiger partial charge on any atom is -0.378 e. The van der Waals surface area contributed by atoms with Crippen molar-refractivity contribution < 1.29 is 0 Å². The highest BCUT2D eigenvalue weighted by molar-refractivity contribution is 9.10. The van der Waals surface area contributed by atoms with Gasteiger partial charge in [0, 0.05) is 5.69 Å². The molecule has 0 aliphatic rings. The molecular formula is C10H10BrN3. The Morgan fingerprint density at radius 3 is 2.71 bits per heavy atom. The van der Waals surface area contributed by atoms with Crippen LogP contribution in [0.1, 0.15) is 5.82 Å². The third-order valence-corrected chi connectivity index (χ3v) is 2.23. The van der Waals surface area contributed by atoms with Crippen molar-refractivity contribution >= 4 is 21.6 Å². The summed E-state index contributed by atoms with van der Waals surface area (Å²) in [5, 5.41) is 3.26. The molecule has 0 atom stereocenters. The third kappa shape index (κ3) is 2.35. The zero-order valence-corrected chi connectivity index (χ0v) is 9.08. The minimum atomic E-state index is 0.704. The summed E-state index contributed by atoms with van der Waals surface area (Å²) in [6, 6.07) is 10.0. The third-order valence-electron chi connectivity index (χ3n) is 1.83. The van der Waals surface area contributed by atoms with Crippen molar-refractivity contribution in [2.45, 2.75) is 6.54 Å². The van der Waals surface area contributed by atoms with Crippen molar-refractivity contribution in [1.82, 2.24) is 9.97 Å². The average Bonchev–Trinajstić information content (AvgIpc) is 2.63. The molecule has 0 bridgehead atoms. The molecule has 1 heterocycles. The van der Waals surface area contributed by atoms with Gasteiger partial charge in [-0.25, -0.2) is 4.98 Å². The largest absolute Gasteiger partial charge is 0.378 e. The second-order valence-corrected chi connectivity index (χ2v) is 3.75. The maximum Gasteiger partial charge on any atom is 0.126 e. The lowest BCUT2D eigenvalue weighted by atomic mass is 10.3. The van der Waals surface area contributed by atoms with Gasteiger partial charge in [-0.3, -0.25) is 0 Å². The van der Waals surface area contributed by atoms with Crippen molar-refractivity contribution in [3.8, 4) is 0 Å². The molecule has 14 heavy (non-hydrogen) atoms. The fraction of sp³-hybridized carbons (Fsp3) is 0.100. The molecular weight excluding hydrogens is 242 g/mol. The number of nitrogens with zero attached hydrogens (tertiary/aromatic N) is 1. The summed E-state index contributed by atoms with van der Waals surface area (Å²) < 4.78 is 0.905. The second-order valence-electron chi connectivity index (χ2n) is 2.90. The first-order valence-electron chi connectivity index (χ1n) is 4.33. The van der Waals surface area contributed by atoms with Crippen LogP contribution < -0.4 is 5.32 Å². The van der Waals surface area contributed by atoms with Gasteiger partial charge in [0.25, 0.3) is 0 Å². The first kappa shape index (κ1) is 9.27. The zero-order valence-electron chi connectivity index (χ0n) is 7.50. The topological polar surface area (TPSA) is 40.7 Å². The van der Waals surface area contributed by atoms with E-state index in [4.69, 9.17) is 0 Å². The van der Waals surface area contributed by atoms with Gasteiger partial charge in [-0.1, -0.05) is 18.2 Å². The SMILES string of the molecule is Brc1cnc(CNc2ccccc2)[nH]1. The smallest absolute Gasteiger partial charge is 0.126 e. The predicted octanol–water partition coefficient (Wildman–Crippen LogP) is 2.78. The molecule has 2 aromatic rings. The average molecular weight is 252 g/mol. The monoisotopic (exact) mass is 251 g/mol. The number of hydrogen-bond donors (Lipinski definition) is 2.